The van der Waals surface area contributed by atoms with Gasteiger partial charge in [0.1, 0.15) is 0 Å². The third-order valence-corrected chi connectivity index (χ3v) is 9.72. The molecule has 0 aliphatic carbocycles. The topological polar surface area (TPSA) is 6.48 Å². The molecule has 0 heterocycles. The molecule has 0 aromatic heterocycles. The van der Waals surface area contributed by atoms with E-state index in [9.17, 15) is 0 Å². The number of hydrogen-bond donors (Lipinski definition) is 0. The first-order valence-electron chi connectivity index (χ1n) is 17.6. The van der Waals surface area contributed by atoms with Gasteiger partial charge in [-0.15, -0.1) is 0 Å². The maximum Gasteiger partial charge on any atom is 0.0464 e. The van der Waals surface area contributed by atoms with Crippen molar-refractivity contribution in [2.75, 3.05) is 9.80 Å². The Balaban J connectivity index is 1.33. The van der Waals surface area contributed by atoms with Gasteiger partial charge < -0.3 is 9.80 Å². The van der Waals surface area contributed by atoms with Crippen molar-refractivity contribution in [3.63, 3.8) is 0 Å². The molecule has 0 spiro atoms. The number of anilines is 6. The molecule has 0 saturated carbocycles. The van der Waals surface area contributed by atoms with E-state index in [0.29, 0.717) is 0 Å². The van der Waals surface area contributed by atoms with Gasteiger partial charge in [-0.1, -0.05) is 88.4 Å². The Labute approximate surface area is 288 Å². The second-order valence-corrected chi connectivity index (χ2v) is 12.7. The molecule has 0 aliphatic heterocycles. The van der Waals surface area contributed by atoms with Crippen LogP contribution in [0.3, 0.4) is 0 Å². The molecule has 0 radical (unpaired) electrons. The quantitative estimate of drug-likeness (QED) is 0.141. The second kappa shape index (κ2) is 14.8. The molecule has 6 aromatic rings. The van der Waals surface area contributed by atoms with Gasteiger partial charge in [0, 0.05) is 34.1 Å². The Kier molecular flexibility index (Phi) is 10.1. The summed E-state index contributed by atoms with van der Waals surface area (Å²) in [6.07, 6.45) is 4.15. The zero-order valence-electron chi connectivity index (χ0n) is 29.4. The molecule has 0 aliphatic rings. The largest absolute Gasteiger partial charge is 0.310 e. The third kappa shape index (κ3) is 6.94. The van der Waals surface area contributed by atoms with E-state index in [0.717, 1.165) is 37.1 Å². The van der Waals surface area contributed by atoms with Crippen LogP contribution in [0, 0.1) is 13.8 Å². The number of hydrogen-bond acceptors (Lipinski definition) is 2. The fourth-order valence-electron chi connectivity index (χ4n) is 6.69. The molecule has 0 saturated heterocycles. The summed E-state index contributed by atoms with van der Waals surface area (Å²) in [6, 6.07) is 49.6. The van der Waals surface area contributed by atoms with Crippen LogP contribution in [0.5, 0.6) is 0 Å². The summed E-state index contributed by atoms with van der Waals surface area (Å²) in [6.45, 7) is 13.3. The standard InChI is InChI=1S/C46H48N2/c1-7-35-11-21-41(22-12-35)47(45-29-15-37(9-3)33(5)31-45)43-25-17-39(18-26-43)40-19-27-44(28-20-40)48(42-23-13-36(8-2)14-24-42)46-30-16-38(10-4)34(6)32-46/h11-32H,7-10H2,1-6H3. The van der Waals surface area contributed by atoms with E-state index in [1.54, 1.807) is 0 Å². The molecule has 0 atom stereocenters. The molecule has 2 nitrogen and oxygen atoms in total. The lowest BCUT2D eigenvalue weighted by molar-refractivity contribution is 1.10. The molecule has 0 fully saturated rings. The molecule has 6 aromatic carbocycles. The van der Waals surface area contributed by atoms with Crippen LogP contribution in [0.25, 0.3) is 11.1 Å². The molecule has 0 bridgehead atoms. The van der Waals surface area contributed by atoms with E-state index in [1.165, 1.54) is 67.3 Å². The molecule has 242 valence electrons. The van der Waals surface area contributed by atoms with Crippen molar-refractivity contribution in [2.24, 2.45) is 0 Å². The number of rotatable bonds is 11. The Morgan fingerprint density at radius 3 is 0.896 bits per heavy atom. The Hall–Kier alpha value is -5.08. The van der Waals surface area contributed by atoms with Gasteiger partial charge in [0.2, 0.25) is 0 Å². The van der Waals surface area contributed by atoms with Crippen molar-refractivity contribution in [1.29, 1.82) is 0 Å². The summed E-state index contributed by atoms with van der Waals surface area (Å²) < 4.78 is 0. The average molecular weight is 629 g/mol. The molecular weight excluding hydrogens is 581 g/mol. The minimum atomic E-state index is 1.03. The van der Waals surface area contributed by atoms with Gasteiger partial charge in [-0.3, -0.25) is 0 Å². The lowest BCUT2D eigenvalue weighted by Gasteiger charge is -2.27. The highest BCUT2D eigenvalue weighted by Crippen LogP contribution is 2.39. The van der Waals surface area contributed by atoms with Crippen molar-refractivity contribution in [3.8, 4) is 11.1 Å². The number of aryl methyl sites for hydroxylation is 6. The highest BCUT2D eigenvalue weighted by molar-refractivity contribution is 5.81. The van der Waals surface area contributed by atoms with Crippen LogP contribution in [0.2, 0.25) is 0 Å². The first kappa shape index (κ1) is 32.8. The van der Waals surface area contributed by atoms with E-state index in [-0.39, 0.29) is 0 Å². The maximum absolute atomic E-state index is 2.37. The summed E-state index contributed by atoms with van der Waals surface area (Å²) in [5.74, 6) is 0. The Morgan fingerprint density at radius 2 is 0.625 bits per heavy atom. The lowest BCUT2D eigenvalue weighted by atomic mass is 10.0. The minimum Gasteiger partial charge on any atom is -0.310 e. The van der Waals surface area contributed by atoms with Gasteiger partial charge in [-0.05, 0) is 157 Å². The van der Waals surface area contributed by atoms with Crippen LogP contribution >= 0.6 is 0 Å². The molecule has 0 amide bonds. The molecule has 0 N–H and O–H groups in total. The average Bonchev–Trinajstić information content (AvgIpc) is 3.13. The van der Waals surface area contributed by atoms with Crippen molar-refractivity contribution in [2.45, 2.75) is 67.2 Å². The van der Waals surface area contributed by atoms with E-state index in [1.807, 2.05) is 0 Å². The van der Waals surface area contributed by atoms with E-state index in [4.69, 9.17) is 0 Å². The monoisotopic (exact) mass is 628 g/mol. The predicted molar refractivity (Wildman–Crippen MR) is 208 cm³/mol. The predicted octanol–water partition coefficient (Wildman–Crippen LogP) is 13.2. The first-order chi connectivity index (χ1) is 23.4. The van der Waals surface area contributed by atoms with E-state index in [2.05, 4.69) is 185 Å². The van der Waals surface area contributed by atoms with Crippen molar-refractivity contribution >= 4 is 34.1 Å². The van der Waals surface area contributed by atoms with Crippen LogP contribution in [0.1, 0.15) is 61.1 Å². The van der Waals surface area contributed by atoms with Gasteiger partial charge in [-0.2, -0.15) is 0 Å². The summed E-state index contributed by atoms with van der Waals surface area (Å²) >= 11 is 0. The van der Waals surface area contributed by atoms with Crippen LogP contribution < -0.4 is 9.80 Å². The lowest BCUT2D eigenvalue weighted by Crippen LogP contribution is -2.11. The SMILES string of the molecule is CCc1ccc(N(c2ccc(-c3ccc(N(c4ccc(CC)cc4)c4ccc(CC)c(C)c4)cc3)cc2)c2ccc(CC)c(C)c2)cc1. The molecule has 2 heteroatoms. The fraction of sp³-hybridized carbons (Fsp3) is 0.217. The fourth-order valence-corrected chi connectivity index (χ4v) is 6.69. The van der Waals surface area contributed by atoms with Crippen LogP contribution in [0.4, 0.5) is 34.1 Å². The Bertz CT molecular complexity index is 1800. The maximum atomic E-state index is 2.37. The highest BCUT2D eigenvalue weighted by atomic mass is 15.1. The van der Waals surface area contributed by atoms with Gasteiger partial charge in [-0.25, -0.2) is 0 Å². The van der Waals surface area contributed by atoms with Gasteiger partial charge in [0.25, 0.3) is 0 Å². The Morgan fingerprint density at radius 1 is 0.333 bits per heavy atom. The zero-order chi connectivity index (χ0) is 33.6. The highest BCUT2D eigenvalue weighted by Gasteiger charge is 2.16. The van der Waals surface area contributed by atoms with Gasteiger partial charge >= 0.3 is 0 Å². The van der Waals surface area contributed by atoms with Crippen molar-refractivity contribution in [3.05, 3.63) is 167 Å². The summed E-state index contributed by atoms with van der Waals surface area (Å²) in [5.41, 5.74) is 17.5. The summed E-state index contributed by atoms with van der Waals surface area (Å²) in [5, 5.41) is 0. The van der Waals surface area contributed by atoms with Gasteiger partial charge in [0.15, 0.2) is 0 Å². The molecule has 0 unspecified atom stereocenters. The van der Waals surface area contributed by atoms with E-state index >= 15 is 0 Å². The molecule has 48 heavy (non-hydrogen) atoms. The number of benzene rings is 6. The zero-order valence-corrected chi connectivity index (χ0v) is 29.4. The van der Waals surface area contributed by atoms with Crippen LogP contribution in [-0.2, 0) is 25.7 Å². The van der Waals surface area contributed by atoms with Crippen molar-refractivity contribution < 1.29 is 0 Å². The van der Waals surface area contributed by atoms with Crippen LogP contribution in [-0.4, -0.2) is 0 Å². The van der Waals surface area contributed by atoms with E-state index < -0.39 is 0 Å². The summed E-state index contributed by atoms with van der Waals surface area (Å²) in [7, 11) is 0. The normalized spacial score (nSPS) is 11.0. The van der Waals surface area contributed by atoms with Crippen LogP contribution in [0.15, 0.2) is 133 Å². The second-order valence-electron chi connectivity index (χ2n) is 12.7. The first-order valence-corrected chi connectivity index (χ1v) is 17.6. The third-order valence-electron chi connectivity index (χ3n) is 9.72. The summed E-state index contributed by atoms with van der Waals surface area (Å²) in [4.78, 5) is 4.73. The molecule has 6 rings (SSSR count). The molecular formula is C46H48N2. The van der Waals surface area contributed by atoms with Crippen molar-refractivity contribution in [1.82, 2.24) is 0 Å². The minimum absolute atomic E-state index is 1.03. The smallest absolute Gasteiger partial charge is 0.0464 e. The number of nitrogens with zero attached hydrogens (tertiary/aromatic N) is 2. The van der Waals surface area contributed by atoms with Gasteiger partial charge in [0.05, 0.1) is 0 Å².